The van der Waals surface area contributed by atoms with E-state index < -0.39 is 0 Å². The van der Waals surface area contributed by atoms with Gasteiger partial charge in [0.15, 0.2) is 0 Å². The van der Waals surface area contributed by atoms with E-state index in [2.05, 4.69) is 20.4 Å². The lowest BCUT2D eigenvalue weighted by molar-refractivity contribution is 0.607. The van der Waals surface area contributed by atoms with Gasteiger partial charge in [0.25, 0.3) is 0 Å². The highest BCUT2D eigenvalue weighted by Gasteiger charge is 2.01. The minimum Gasteiger partial charge on any atom is -0.330 e. The minimum atomic E-state index is 0.611. The maximum absolute atomic E-state index is 5.38. The smallest absolute Gasteiger partial charge is 0.00717 e. The Labute approximate surface area is 57.9 Å². The van der Waals surface area contributed by atoms with Gasteiger partial charge in [-0.15, -0.1) is 0 Å². The molecule has 0 saturated heterocycles. The highest BCUT2D eigenvalue weighted by Crippen LogP contribution is 2.13. The molecule has 0 bridgehead atoms. The van der Waals surface area contributed by atoms with Crippen molar-refractivity contribution in [3.63, 3.8) is 0 Å². The molecule has 0 radical (unpaired) electrons. The molecule has 0 aliphatic heterocycles. The molecule has 0 fully saturated rings. The van der Waals surface area contributed by atoms with Crippen LogP contribution in [-0.2, 0) is 0 Å². The molecule has 2 N–H and O–H groups in total. The molecule has 0 aromatic heterocycles. The number of rotatable bonds is 4. The molecule has 0 spiro atoms. The fourth-order valence-electron chi connectivity index (χ4n) is 0.803. The third kappa shape index (κ3) is 3.31. The van der Waals surface area contributed by atoms with Crippen molar-refractivity contribution in [3.05, 3.63) is 12.2 Å². The Balaban J connectivity index is 3.45. The van der Waals surface area contributed by atoms with Crippen molar-refractivity contribution in [1.29, 1.82) is 0 Å². The van der Waals surface area contributed by atoms with Crippen LogP contribution < -0.4 is 5.73 Å². The van der Waals surface area contributed by atoms with Gasteiger partial charge >= 0.3 is 0 Å². The van der Waals surface area contributed by atoms with Crippen LogP contribution in [-0.4, -0.2) is 6.54 Å². The standard InChI is InChI=1S/C8H17N/c1-4-7(2)8(3)5-6-9/h8H,2,4-6,9H2,1,3H3. The van der Waals surface area contributed by atoms with Gasteiger partial charge in [-0.2, -0.15) is 0 Å². The third-order valence-electron chi connectivity index (χ3n) is 1.75. The molecule has 0 amide bonds. The maximum atomic E-state index is 5.38. The number of nitrogens with two attached hydrogens (primary N) is 1. The summed E-state index contributed by atoms with van der Waals surface area (Å²) >= 11 is 0. The van der Waals surface area contributed by atoms with Crippen LogP contribution in [0.2, 0.25) is 0 Å². The summed E-state index contributed by atoms with van der Waals surface area (Å²) in [5.41, 5.74) is 6.70. The van der Waals surface area contributed by atoms with Crippen LogP contribution in [0.1, 0.15) is 26.7 Å². The highest BCUT2D eigenvalue weighted by atomic mass is 14.5. The zero-order valence-electron chi connectivity index (χ0n) is 6.48. The molecular weight excluding hydrogens is 110 g/mol. The fourth-order valence-corrected chi connectivity index (χ4v) is 0.803. The first kappa shape index (κ1) is 8.70. The van der Waals surface area contributed by atoms with Crippen LogP contribution in [0, 0.1) is 5.92 Å². The number of allylic oxidation sites excluding steroid dienone is 1. The van der Waals surface area contributed by atoms with Gasteiger partial charge < -0.3 is 5.73 Å². The molecule has 9 heavy (non-hydrogen) atoms. The predicted octanol–water partition coefficient (Wildman–Crippen LogP) is 1.94. The predicted molar refractivity (Wildman–Crippen MR) is 42.3 cm³/mol. The second kappa shape index (κ2) is 4.57. The minimum absolute atomic E-state index is 0.611. The van der Waals surface area contributed by atoms with E-state index in [-0.39, 0.29) is 0 Å². The number of hydrogen-bond acceptors (Lipinski definition) is 1. The first-order valence-corrected chi connectivity index (χ1v) is 3.60. The maximum Gasteiger partial charge on any atom is -0.00717 e. The topological polar surface area (TPSA) is 26.0 Å². The van der Waals surface area contributed by atoms with Crippen molar-refractivity contribution >= 4 is 0 Å². The van der Waals surface area contributed by atoms with E-state index in [1.165, 1.54) is 5.57 Å². The van der Waals surface area contributed by atoms with E-state index in [1.54, 1.807) is 0 Å². The van der Waals surface area contributed by atoms with Gasteiger partial charge in [-0.05, 0) is 25.3 Å². The van der Waals surface area contributed by atoms with Gasteiger partial charge in [0.05, 0.1) is 0 Å². The molecule has 0 heterocycles. The molecule has 0 aromatic carbocycles. The molecule has 54 valence electrons. The van der Waals surface area contributed by atoms with Crippen LogP contribution in [0.5, 0.6) is 0 Å². The third-order valence-corrected chi connectivity index (χ3v) is 1.75. The lowest BCUT2D eigenvalue weighted by Gasteiger charge is -2.10. The summed E-state index contributed by atoms with van der Waals surface area (Å²) < 4.78 is 0. The zero-order chi connectivity index (χ0) is 7.28. The first-order valence-electron chi connectivity index (χ1n) is 3.60. The highest BCUT2D eigenvalue weighted by molar-refractivity contribution is 4.97. The molecule has 0 aliphatic rings. The molecule has 0 saturated carbocycles. The fraction of sp³-hybridized carbons (Fsp3) is 0.750. The van der Waals surface area contributed by atoms with Crippen LogP contribution >= 0.6 is 0 Å². The summed E-state index contributed by atoms with van der Waals surface area (Å²) in [5.74, 6) is 0.611. The monoisotopic (exact) mass is 127 g/mol. The second-order valence-electron chi connectivity index (χ2n) is 2.49. The van der Waals surface area contributed by atoms with Gasteiger partial charge in [0.2, 0.25) is 0 Å². The molecule has 1 unspecified atom stereocenters. The Kier molecular flexibility index (Phi) is 4.41. The first-order chi connectivity index (χ1) is 4.22. The zero-order valence-corrected chi connectivity index (χ0v) is 6.48. The van der Waals surface area contributed by atoms with Gasteiger partial charge in [-0.3, -0.25) is 0 Å². The van der Waals surface area contributed by atoms with Crippen molar-refractivity contribution in [2.45, 2.75) is 26.7 Å². The summed E-state index contributed by atoms with van der Waals surface area (Å²) in [4.78, 5) is 0. The molecule has 0 rings (SSSR count). The molecule has 1 nitrogen and oxygen atoms in total. The second-order valence-corrected chi connectivity index (χ2v) is 2.49. The van der Waals surface area contributed by atoms with Crippen molar-refractivity contribution in [2.24, 2.45) is 11.7 Å². The Morgan fingerprint density at radius 1 is 1.67 bits per heavy atom. The van der Waals surface area contributed by atoms with E-state index >= 15 is 0 Å². The Bertz CT molecular complexity index is 86.6. The van der Waals surface area contributed by atoms with E-state index in [0.717, 1.165) is 19.4 Å². The average molecular weight is 127 g/mol. The lowest BCUT2D eigenvalue weighted by atomic mass is 9.97. The normalized spacial score (nSPS) is 13.2. The molecule has 0 aliphatic carbocycles. The summed E-state index contributed by atoms with van der Waals surface area (Å²) in [6.07, 6.45) is 2.16. The van der Waals surface area contributed by atoms with Gasteiger partial charge in [0, 0.05) is 0 Å². The summed E-state index contributed by atoms with van der Waals surface area (Å²) in [7, 11) is 0. The van der Waals surface area contributed by atoms with Crippen LogP contribution in [0.25, 0.3) is 0 Å². The molecule has 1 heteroatoms. The summed E-state index contributed by atoms with van der Waals surface area (Å²) in [5, 5.41) is 0. The molecule has 0 aromatic rings. The van der Waals surface area contributed by atoms with Crippen LogP contribution in [0.15, 0.2) is 12.2 Å². The van der Waals surface area contributed by atoms with Gasteiger partial charge in [-0.1, -0.05) is 26.0 Å². The Morgan fingerprint density at radius 2 is 2.22 bits per heavy atom. The van der Waals surface area contributed by atoms with E-state index in [1.807, 2.05) is 0 Å². The summed E-state index contributed by atoms with van der Waals surface area (Å²) in [6, 6.07) is 0. The molecule has 1 atom stereocenters. The van der Waals surface area contributed by atoms with Crippen molar-refractivity contribution < 1.29 is 0 Å². The SMILES string of the molecule is C=C(CC)C(C)CCN. The molecular formula is C8H17N. The summed E-state index contributed by atoms with van der Waals surface area (Å²) in [6.45, 7) is 9.03. The largest absolute Gasteiger partial charge is 0.330 e. The Hall–Kier alpha value is -0.300. The Morgan fingerprint density at radius 3 is 2.56 bits per heavy atom. The lowest BCUT2D eigenvalue weighted by Crippen LogP contribution is -2.06. The van der Waals surface area contributed by atoms with Gasteiger partial charge in [-0.25, -0.2) is 0 Å². The van der Waals surface area contributed by atoms with E-state index in [4.69, 9.17) is 5.73 Å². The van der Waals surface area contributed by atoms with E-state index in [0.29, 0.717) is 5.92 Å². The average Bonchev–Trinajstić information content (AvgIpc) is 1.87. The van der Waals surface area contributed by atoms with Crippen molar-refractivity contribution in [3.8, 4) is 0 Å². The van der Waals surface area contributed by atoms with Crippen molar-refractivity contribution in [2.75, 3.05) is 6.54 Å². The van der Waals surface area contributed by atoms with Crippen LogP contribution in [0.4, 0.5) is 0 Å². The van der Waals surface area contributed by atoms with E-state index in [9.17, 15) is 0 Å². The quantitative estimate of drug-likeness (QED) is 0.574. The van der Waals surface area contributed by atoms with Gasteiger partial charge in [0.1, 0.15) is 0 Å². The van der Waals surface area contributed by atoms with Crippen LogP contribution in [0.3, 0.4) is 0 Å². The van der Waals surface area contributed by atoms with Crippen molar-refractivity contribution in [1.82, 2.24) is 0 Å². The number of hydrogen-bond donors (Lipinski definition) is 1.